The van der Waals surface area contributed by atoms with Gasteiger partial charge in [-0.3, -0.25) is 9.40 Å². The molecule has 1 N–H and O–H groups in total. The van der Waals surface area contributed by atoms with Gasteiger partial charge in [-0.05, 0) is 24.3 Å². The molecule has 1 aromatic carbocycles. The maximum absolute atomic E-state index is 12.6. The molecule has 0 aliphatic heterocycles. The Morgan fingerprint density at radius 1 is 1.19 bits per heavy atom. The Morgan fingerprint density at radius 3 is 2.29 bits per heavy atom. The molecule has 2 aromatic rings. The quantitative estimate of drug-likeness (QED) is 0.941. The normalized spacial score (nSPS) is 12.4. The lowest BCUT2D eigenvalue weighted by molar-refractivity contribution is 0.539. The number of nitrogens with one attached hydrogen (secondary N) is 1. The summed E-state index contributed by atoms with van der Waals surface area (Å²) in [6.07, 6.45) is 1.51. The van der Waals surface area contributed by atoms with Crippen LogP contribution in [-0.2, 0) is 22.5 Å². The number of halogens is 1. The maximum Gasteiger partial charge on any atom is 0.265 e. The fourth-order valence-electron chi connectivity index (χ4n) is 1.91. The lowest BCUT2D eigenvalue weighted by atomic mass is 9.92. The minimum atomic E-state index is -3.70. The molecule has 1 heterocycles. The number of anilines is 1. The van der Waals surface area contributed by atoms with Crippen LogP contribution >= 0.6 is 11.6 Å². The highest BCUT2D eigenvalue weighted by Crippen LogP contribution is 2.28. The lowest BCUT2D eigenvalue weighted by Gasteiger charge is -2.17. The molecule has 0 atom stereocenters. The van der Waals surface area contributed by atoms with E-state index in [9.17, 15) is 8.42 Å². The maximum atomic E-state index is 12.6. The van der Waals surface area contributed by atoms with E-state index in [1.807, 2.05) is 20.8 Å². The zero-order chi connectivity index (χ0) is 15.8. The van der Waals surface area contributed by atoms with Crippen molar-refractivity contribution in [3.05, 3.63) is 41.2 Å². The summed E-state index contributed by atoms with van der Waals surface area (Å²) in [6.45, 7) is 5.78. The third-order valence-electron chi connectivity index (χ3n) is 2.89. The van der Waals surface area contributed by atoms with E-state index >= 15 is 0 Å². The van der Waals surface area contributed by atoms with Gasteiger partial charge in [-0.15, -0.1) is 0 Å². The largest absolute Gasteiger partial charge is 0.280 e. The average Bonchev–Trinajstić information content (AvgIpc) is 2.75. The van der Waals surface area contributed by atoms with E-state index in [1.165, 1.54) is 10.9 Å². The molecule has 1 aromatic heterocycles. The number of hydrogen-bond acceptors (Lipinski definition) is 3. The summed E-state index contributed by atoms with van der Waals surface area (Å²) in [5, 5.41) is 4.83. The minimum absolute atomic E-state index is 0.187. The second kappa shape index (κ2) is 5.35. The summed E-state index contributed by atoms with van der Waals surface area (Å²) in [7, 11) is -1.99. The zero-order valence-electron chi connectivity index (χ0n) is 12.4. The number of aryl methyl sites for hydroxylation is 1. The first kappa shape index (κ1) is 15.9. The second-order valence-electron chi connectivity index (χ2n) is 5.88. The fraction of sp³-hybridized carbons (Fsp3) is 0.357. The number of nitrogens with zero attached hydrogens (tertiary/aromatic N) is 2. The highest BCUT2D eigenvalue weighted by molar-refractivity contribution is 7.92. The SMILES string of the molecule is Cn1cc(S(=O)(=O)Nc2ccc(Cl)cc2)c(C(C)(C)C)n1. The van der Waals surface area contributed by atoms with Gasteiger partial charge < -0.3 is 0 Å². The Labute approximate surface area is 130 Å². The zero-order valence-corrected chi connectivity index (χ0v) is 14.0. The lowest BCUT2D eigenvalue weighted by Crippen LogP contribution is -2.20. The molecule has 0 amide bonds. The molecule has 0 radical (unpaired) electrons. The van der Waals surface area contributed by atoms with Gasteiger partial charge in [-0.1, -0.05) is 32.4 Å². The van der Waals surface area contributed by atoms with E-state index in [1.54, 1.807) is 31.3 Å². The molecule has 0 saturated carbocycles. The van der Waals surface area contributed by atoms with Gasteiger partial charge in [0.15, 0.2) is 0 Å². The molecule has 0 fully saturated rings. The number of sulfonamides is 1. The van der Waals surface area contributed by atoms with E-state index in [-0.39, 0.29) is 10.3 Å². The van der Waals surface area contributed by atoms with Crippen LogP contribution in [0.3, 0.4) is 0 Å². The minimum Gasteiger partial charge on any atom is -0.280 e. The van der Waals surface area contributed by atoms with Crippen LogP contribution in [0.2, 0.25) is 5.02 Å². The molecule has 0 spiro atoms. The molecular formula is C14H18ClN3O2S. The van der Waals surface area contributed by atoms with Gasteiger partial charge in [0.2, 0.25) is 0 Å². The van der Waals surface area contributed by atoms with Gasteiger partial charge in [0.1, 0.15) is 4.90 Å². The van der Waals surface area contributed by atoms with E-state index < -0.39 is 10.0 Å². The summed E-state index contributed by atoms with van der Waals surface area (Å²) in [6, 6.07) is 6.50. The van der Waals surface area contributed by atoms with Crippen molar-refractivity contribution in [3.63, 3.8) is 0 Å². The summed E-state index contributed by atoms with van der Waals surface area (Å²) < 4.78 is 29.2. The van der Waals surface area contributed by atoms with Crippen molar-refractivity contribution in [2.75, 3.05) is 4.72 Å². The first-order chi connectivity index (χ1) is 9.59. The standard InChI is InChI=1S/C14H18ClN3O2S/c1-14(2,3)13-12(9-18(4)16-13)21(19,20)17-11-7-5-10(15)6-8-11/h5-9,17H,1-4H3. The van der Waals surface area contributed by atoms with Gasteiger partial charge in [0.05, 0.1) is 5.69 Å². The molecule has 2 rings (SSSR count). The van der Waals surface area contributed by atoms with Crippen molar-refractivity contribution in [2.45, 2.75) is 31.1 Å². The number of aromatic nitrogens is 2. The summed E-state index contributed by atoms with van der Waals surface area (Å²) in [4.78, 5) is 0.187. The summed E-state index contributed by atoms with van der Waals surface area (Å²) in [5.74, 6) is 0. The number of hydrogen-bond donors (Lipinski definition) is 1. The van der Waals surface area contributed by atoms with E-state index in [0.29, 0.717) is 16.4 Å². The van der Waals surface area contributed by atoms with Crippen LogP contribution in [0.5, 0.6) is 0 Å². The van der Waals surface area contributed by atoms with Crippen LogP contribution in [0.25, 0.3) is 0 Å². The van der Waals surface area contributed by atoms with Crippen molar-refractivity contribution in [1.29, 1.82) is 0 Å². The van der Waals surface area contributed by atoms with Crippen LogP contribution in [-0.4, -0.2) is 18.2 Å². The van der Waals surface area contributed by atoms with Crippen LogP contribution in [0.15, 0.2) is 35.4 Å². The monoisotopic (exact) mass is 327 g/mol. The van der Waals surface area contributed by atoms with Crippen molar-refractivity contribution in [3.8, 4) is 0 Å². The van der Waals surface area contributed by atoms with Crippen molar-refractivity contribution in [1.82, 2.24) is 9.78 Å². The molecule has 0 saturated heterocycles. The molecule has 114 valence electrons. The van der Waals surface area contributed by atoms with E-state index in [2.05, 4.69) is 9.82 Å². The third kappa shape index (κ3) is 3.57. The van der Waals surface area contributed by atoms with Gasteiger partial charge in [-0.2, -0.15) is 5.10 Å². The first-order valence-electron chi connectivity index (χ1n) is 6.42. The highest BCUT2D eigenvalue weighted by Gasteiger charge is 2.29. The summed E-state index contributed by atoms with van der Waals surface area (Å²) in [5.41, 5.74) is 0.625. The second-order valence-corrected chi connectivity index (χ2v) is 7.97. The molecule has 7 heteroatoms. The molecule has 0 bridgehead atoms. The topological polar surface area (TPSA) is 64.0 Å². The average molecular weight is 328 g/mol. The number of benzene rings is 1. The third-order valence-corrected chi connectivity index (χ3v) is 4.53. The highest BCUT2D eigenvalue weighted by atomic mass is 35.5. The Bertz CT molecular complexity index is 744. The Morgan fingerprint density at radius 2 is 1.76 bits per heavy atom. The van der Waals surface area contributed by atoms with Crippen molar-refractivity contribution < 1.29 is 8.42 Å². The van der Waals surface area contributed by atoms with Crippen LogP contribution < -0.4 is 4.72 Å². The Hall–Kier alpha value is -1.53. The molecule has 5 nitrogen and oxygen atoms in total. The van der Waals surface area contributed by atoms with Crippen molar-refractivity contribution in [2.24, 2.45) is 7.05 Å². The Kier molecular flexibility index (Phi) is 4.04. The van der Waals surface area contributed by atoms with Gasteiger partial charge in [-0.25, -0.2) is 8.42 Å². The Balaban J connectivity index is 2.43. The van der Waals surface area contributed by atoms with E-state index in [0.717, 1.165) is 0 Å². The van der Waals surface area contributed by atoms with Gasteiger partial charge in [0.25, 0.3) is 10.0 Å². The molecule has 0 unspecified atom stereocenters. The van der Waals surface area contributed by atoms with Crippen molar-refractivity contribution >= 4 is 27.3 Å². The van der Waals surface area contributed by atoms with Crippen LogP contribution in [0, 0.1) is 0 Å². The first-order valence-corrected chi connectivity index (χ1v) is 8.28. The number of rotatable bonds is 3. The molecular weight excluding hydrogens is 310 g/mol. The molecule has 0 aliphatic rings. The van der Waals surface area contributed by atoms with E-state index in [4.69, 9.17) is 11.6 Å². The molecule has 0 aliphatic carbocycles. The van der Waals surface area contributed by atoms with Crippen LogP contribution in [0.1, 0.15) is 26.5 Å². The molecule has 21 heavy (non-hydrogen) atoms. The van der Waals surface area contributed by atoms with Gasteiger partial charge >= 0.3 is 0 Å². The summed E-state index contributed by atoms with van der Waals surface area (Å²) >= 11 is 5.80. The van der Waals surface area contributed by atoms with Crippen LogP contribution in [0.4, 0.5) is 5.69 Å². The predicted molar refractivity (Wildman–Crippen MR) is 84.2 cm³/mol. The van der Waals surface area contributed by atoms with Gasteiger partial charge in [0, 0.05) is 29.4 Å². The fourth-order valence-corrected chi connectivity index (χ4v) is 3.49. The predicted octanol–water partition coefficient (Wildman–Crippen LogP) is 3.17. The smallest absolute Gasteiger partial charge is 0.265 e.